The van der Waals surface area contributed by atoms with Gasteiger partial charge in [-0.1, -0.05) is 0 Å². The lowest BCUT2D eigenvalue weighted by Gasteiger charge is -2.00. The highest BCUT2D eigenvalue weighted by atomic mass is 19.2. The fourth-order valence-corrected chi connectivity index (χ4v) is 1.39. The maximum absolute atomic E-state index is 12.7. The van der Waals surface area contributed by atoms with Gasteiger partial charge in [-0.15, -0.1) is 0 Å². The van der Waals surface area contributed by atoms with Crippen LogP contribution in [0.3, 0.4) is 0 Å². The Kier molecular flexibility index (Phi) is 1.80. The zero-order valence-corrected chi connectivity index (χ0v) is 6.73. The Balaban J connectivity index is 2.39. The molecule has 0 spiro atoms. The molecule has 1 aliphatic rings. The summed E-state index contributed by atoms with van der Waals surface area (Å²) < 4.78 is 37.9. The molecule has 1 aromatic rings. The van der Waals surface area contributed by atoms with Crippen molar-refractivity contribution in [2.75, 3.05) is 0 Å². The lowest BCUT2D eigenvalue weighted by molar-refractivity contribution is 0.445. The van der Waals surface area contributed by atoms with Crippen molar-refractivity contribution < 1.29 is 13.2 Å². The fraction of sp³-hybridized carbons (Fsp3) is 0.333. The molecule has 0 aromatic heterocycles. The van der Waals surface area contributed by atoms with Gasteiger partial charge in [0, 0.05) is 12.0 Å². The molecule has 13 heavy (non-hydrogen) atoms. The molecule has 0 amide bonds. The summed E-state index contributed by atoms with van der Waals surface area (Å²) >= 11 is 0. The second-order valence-electron chi connectivity index (χ2n) is 3.30. The van der Waals surface area contributed by atoms with E-state index in [0.29, 0.717) is 12.0 Å². The summed E-state index contributed by atoms with van der Waals surface area (Å²) in [6.45, 7) is 0. The molecule has 4 heteroatoms. The van der Waals surface area contributed by atoms with Crippen LogP contribution in [0.2, 0.25) is 0 Å². The number of halogens is 3. The summed E-state index contributed by atoms with van der Waals surface area (Å²) in [7, 11) is 0. The maximum atomic E-state index is 12.7. The normalized spacial score (nSPS) is 26.2. The molecule has 0 heterocycles. The Hall–Kier alpha value is -1.03. The predicted octanol–water partition coefficient (Wildman–Crippen LogP) is 1.92. The van der Waals surface area contributed by atoms with Crippen molar-refractivity contribution in [1.82, 2.24) is 0 Å². The van der Waals surface area contributed by atoms with Crippen LogP contribution in [0.4, 0.5) is 13.2 Å². The van der Waals surface area contributed by atoms with E-state index < -0.39 is 17.5 Å². The molecule has 0 radical (unpaired) electrons. The monoisotopic (exact) mass is 187 g/mol. The summed E-state index contributed by atoms with van der Waals surface area (Å²) in [5.74, 6) is -3.72. The molecular formula is C9H8F3N. The first-order chi connectivity index (χ1) is 6.09. The van der Waals surface area contributed by atoms with Crippen molar-refractivity contribution in [3.05, 3.63) is 35.1 Å². The first-order valence-corrected chi connectivity index (χ1v) is 3.99. The van der Waals surface area contributed by atoms with Crippen LogP contribution in [-0.2, 0) is 0 Å². The molecule has 2 rings (SSSR count). The van der Waals surface area contributed by atoms with E-state index in [1.165, 1.54) is 0 Å². The van der Waals surface area contributed by atoms with Crippen LogP contribution in [0.15, 0.2) is 12.1 Å². The van der Waals surface area contributed by atoms with Crippen molar-refractivity contribution in [3.63, 3.8) is 0 Å². The van der Waals surface area contributed by atoms with Gasteiger partial charge in [0.1, 0.15) is 0 Å². The van der Waals surface area contributed by atoms with Gasteiger partial charge in [0.15, 0.2) is 17.5 Å². The molecule has 2 N–H and O–H groups in total. The minimum absolute atomic E-state index is 0.00963. The van der Waals surface area contributed by atoms with Crippen molar-refractivity contribution in [1.29, 1.82) is 0 Å². The van der Waals surface area contributed by atoms with Gasteiger partial charge in [0.05, 0.1) is 0 Å². The van der Waals surface area contributed by atoms with Gasteiger partial charge in [0.2, 0.25) is 0 Å². The maximum Gasteiger partial charge on any atom is 0.194 e. The van der Waals surface area contributed by atoms with E-state index in [9.17, 15) is 13.2 Å². The first-order valence-electron chi connectivity index (χ1n) is 3.99. The van der Waals surface area contributed by atoms with E-state index in [2.05, 4.69) is 0 Å². The molecule has 1 nitrogen and oxygen atoms in total. The van der Waals surface area contributed by atoms with E-state index in [1.54, 1.807) is 0 Å². The van der Waals surface area contributed by atoms with Crippen LogP contribution in [0.25, 0.3) is 0 Å². The van der Waals surface area contributed by atoms with E-state index in [1.807, 2.05) is 0 Å². The fourth-order valence-electron chi connectivity index (χ4n) is 1.39. The summed E-state index contributed by atoms with van der Waals surface area (Å²) in [5.41, 5.74) is 5.95. The SMILES string of the molecule is N[C@H]1C[C@@H]1c1cc(F)c(F)c(F)c1. The second-order valence-corrected chi connectivity index (χ2v) is 3.30. The van der Waals surface area contributed by atoms with Gasteiger partial charge in [-0.3, -0.25) is 0 Å². The highest BCUT2D eigenvalue weighted by molar-refractivity contribution is 5.29. The molecule has 1 fully saturated rings. The van der Waals surface area contributed by atoms with E-state index >= 15 is 0 Å². The average Bonchev–Trinajstić information content (AvgIpc) is 2.77. The minimum atomic E-state index is -1.42. The van der Waals surface area contributed by atoms with Gasteiger partial charge >= 0.3 is 0 Å². The lowest BCUT2D eigenvalue weighted by Crippen LogP contribution is -2.02. The standard InChI is InChI=1S/C9H8F3N/c10-6-1-4(5-3-8(5)13)2-7(11)9(6)12/h1-2,5,8H,3,13H2/t5-,8+/m1/s1. The highest BCUT2D eigenvalue weighted by Crippen LogP contribution is 2.39. The van der Waals surface area contributed by atoms with Gasteiger partial charge in [0.25, 0.3) is 0 Å². The van der Waals surface area contributed by atoms with Crippen LogP contribution in [0.1, 0.15) is 17.9 Å². The van der Waals surface area contributed by atoms with E-state index in [0.717, 1.165) is 12.1 Å². The summed E-state index contributed by atoms with van der Waals surface area (Å²) in [6.07, 6.45) is 0.713. The minimum Gasteiger partial charge on any atom is -0.327 e. The Morgan fingerprint density at radius 3 is 2.00 bits per heavy atom. The molecule has 1 saturated carbocycles. The smallest absolute Gasteiger partial charge is 0.194 e. The van der Waals surface area contributed by atoms with Crippen LogP contribution in [0, 0.1) is 17.5 Å². The highest BCUT2D eigenvalue weighted by Gasteiger charge is 2.35. The Labute approximate surface area is 73.4 Å². The second kappa shape index (κ2) is 2.73. The molecule has 1 aromatic carbocycles. The third kappa shape index (κ3) is 1.42. The van der Waals surface area contributed by atoms with E-state index in [-0.39, 0.29) is 12.0 Å². The zero-order valence-electron chi connectivity index (χ0n) is 6.73. The molecule has 70 valence electrons. The Bertz CT molecular complexity index is 328. The molecule has 0 bridgehead atoms. The summed E-state index contributed by atoms with van der Waals surface area (Å²) in [6, 6.07) is 1.98. The molecule has 2 atom stereocenters. The molecule has 0 unspecified atom stereocenters. The van der Waals surface area contributed by atoms with Crippen molar-refractivity contribution >= 4 is 0 Å². The lowest BCUT2D eigenvalue weighted by atomic mass is 10.1. The van der Waals surface area contributed by atoms with Gasteiger partial charge < -0.3 is 5.73 Å². The van der Waals surface area contributed by atoms with E-state index in [4.69, 9.17) is 5.73 Å². The van der Waals surface area contributed by atoms with Crippen LogP contribution in [0.5, 0.6) is 0 Å². The first kappa shape index (κ1) is 8.56. The topological polar surface area (TPSA) is 26.0 Å². The average molecular weight is 187 g/mol. The summed E-state index contributed by atoms with van der Waals surface area (Å²) in [5, 5.41) is 0. The van der Waals surface area contributed by atoms with Crippen molar-refractivity contribution in [2.45, 2.75) is 18.4 Å². The zero-order chi connectivity index (χ0) is 9.59. The van der Waals surface area contributed by atoms with Gasteiger partial charge in [-0.05, 0) is 24.1 Å². The number of nitrogens with two attached hydrogens (primary N) is 1. The number of hydrogen-bond donors (Lipinski definition) is 1. The number of hydrogen-bond acceptors (Lipinski definition) is 1. The Morgan fingerprint density at radius 2 is 1.62 bits per heavy atom. The van der Waals surface area contributed by atoms with Crippen molar-refractivity contribution in [2.24, 2.45) is 5.73 Å². The molecular weight excluding hydrogens is 179 g/mol. The number of rotatable bonds is 1. The number of benzene rings is 1. The van der Waals surface area contributed by atoms with Gasteiger partial charge in [-0.25, -0.2) is 13.2 Å². The Morgan fingerprint density at radius 1 is 1.15 bits per heavy atom. The quantitative estimate of drug-likeness (QED) is 0.668. The predicted molar refractivity (Wildman–Crippen MR) is 41.6 cm³/mol. The largest absolute Gasteiger partial charge is 0.327 e. The third-order valence-corrected chi connectivity index (χ3v) is 2.27. The summed E-state index contributed by atoms with van der Waals surface area (Å²) in [4.78, 5) is 0. The van der Waals surface area contributed by atoms with Gasteiger partial charge in [-0.2, -0.15) is 0 Å². The molecule has 0 saturated heterocycles. The molecule has 0 aliphatic heterocycles. The van der Waals surface area contributed by atoms with Crippen LogP contribution in [-0.4, -0.2) is 6.04 Å². The van der Waals surface area contributed by atoms with Crippen LogP contribution < -0.4 is 5.73 Å². The third-order valence-electron chi connectivity index (χ3n) is 2.27. The van der Waals surface area contributed by atoms with Crippen LogP contribution >= 0.6 is 0 Å². The molecule has 1 aliphatic carbocycles. The van der Waals surface area contributed by atoms with Crippen molar-refractivity contribution in [3.8, 4) is 0 Å².